The molecule has 1 aromatic heterocycles. The van der Waals surface area contributed by atoms with Crippen molar-refractivity contribution < 1.29 is 0 Å². The van der Waals surface area contributed by atoms with E-state index >= 15 is 0 Å². The minimum atomic E-state index is 1.14. The van der Waals surface area contributed by atoms with E-state index in [1.165, 1.54) is 25.1 Å². The zero-order chi connectivity index (χ0) is 11.7. The van der Waals surface area contributed by atoms with Gasteiger partial charge in [0.2, 0.25) is 0 Å². The summed E-state index contributed by atoms with van der Waals surface area (Å²) in [4.78, 5) is 6.59. The van der Waals surface area contributed by atoms with Crippen molar-refractivity contribution in [3.05, 3.63) is 23.9 Å². The van der Waals surface area contributed by atoms with Gasteiger partial charge in [-0.1, -0.05) is 27.7 Å². The molecule has 0 aromatic carbocycles. The Kier molecular flexibility index (Phi) is 7.69. The normalized spacial score (nSPS) is 12.7. The second-order valence-electron chi connectivity index (χ2n) is 3.03. The smallest absolute Gasteiger partial charge is 0.128 e. The van der Waals surface area contributed by atoms with Gasteiger partial charge < -0.3 is 4.90 Å². The summed E-state index contributed by atoms with van der Waals surface area (Å²) in [7, 11) is 0. The van der Waals surface area contributed by atoms with Gasteiger partial charge in [0.1, 0.15) is 5.82 Å². The molecule has 0 spiro atoms. The molecule has 1 aliphatic heterocycles. The maximum absolute atomic E-state index is 4.29. The van der Waals surface area contributed by atoms with Gasteiger partial charge in [-0.05, 0) is 31.0 Å². The average molecular weight is 208 g/mol. The Bertz CT molecular complexity index is 254. The highest BCUT2D eigenvalue weighted by Crippen LogP contribution is 2.17. The first-order valence-corrected chi connectivity index (χ1v) is 6.04. The Morgan fingerprint density at radius 1 is 1.13 bits per heavy atom. The minimum Gasteiger partial charge on any atom is -0.356 e. The Hall–Kier alpha value is -1.05. The van der Waals surface area contributed by atoms with Crippen LogP contribution in [0, 0.1) is 6.92 Å². The van der Waals surface area contributed by atoms with Crippen molar-refractivity contribution in [1.82, 2.24) is 4.98 Å². The molecule has 0 amide bonds. The maximum atomic E-state index is 4.29. The van der Waals surface area contributed by atoms with Crippen LogP contribution in [0.25, 0.3) is 0 Å². The van der Waals surface area contributed by atoms with Crippen LogP contribution in [0.2, 0.25) is 0 Å². The van der Waals surface area contributed by atoms with Gasteiger partial charge in [-0.3, -0.25) is 0 Å². The van der Waals surface area contributed by atoms with Crippen LogP contribution in [0.4, 0.5) is 5.82 Å². The molecular formula is C13H24N2. The minimum absolute atomic E-state index is 1.14. The van der Waals surface area contributed by atoms with E-state index in [0.717, 1.165) is 5.82 Å². The fourth-order valence-electron chi connectivity index (χ4n) is 1.24. The van der Waals surface area contributed by atoms with E-state index in [-0.39, 0.29) is 0 Å². The van der Waals surface area contributed by atoms with E-state index in [4.69, 9.17) is 0 Å². The molecule has 1 aromatic rings. The molecule has 15 heavy (non-hydrogen) atoms. The molecule has 0 radical (unpaired) electrons. The second kappa shape index (κ2) is 8.27. The lowest BCUT2D eigenvalue weighted by atomic mass is 10.2. The van der Waals surface area contributed by atoms with Crippen molar-refractivity contribution in [3.63, 3.8) is 0 Å². The van der Waals surface area contributed by atoms with Gasteiger partial charge in [-0.15, -0.1) is 0 Å². The summed E-state index contributed by atoms with van der Waals surface area (Å²) in [6.07, 6.45) is 3.19. The zero-order valence-corrected chi connectivity index (χ0v) is 10.7. The lowest BCUT2D eigenvalue weighted by Gasteiger charge is -2.32. The first kappa shape index (κ1) is 13.9. The van der Waals surface area contributed by atoms with Crippen LogP contribution >= 0.6 is 0 Å². The molecule has 86 valence electrons. The molecule has 0 atom stereocenters. The van der Waals surface area contributed by atoms with Gasteiger partial charge in [-0.2, -0.15) is 0 Å². The van der Waals surface area contributed by atoms with Gasteiger partial charge >= 0.3 is 0 Å². The molecule has 0 aliphatic carbocycles. The molecule has 2 nitrogen and oxygen atoms in total. The first-order chi connectivity index (χ1) is 7.36. The molecule has 1 fully saturated rings. The van der Waals surface area contributed by atoms with E-state index in [1.54, 1.807) is 0 Å². The number of hydrogen-bond donors (Lipinski definition) is 0. The van der Waals surface area contributed by atoms with E-state index in [9.17, 15) is 0 Å². The second-order valence-corrected chi connectivity index (χ2v) is 3.03. The number of aromatic nitrogens is 1. The zero-order valence-electron chi connectivity index (χ0n) is 10.7. The number of aryl methyl sites for hydroxylation is 1. The van der Waals surface area contributed by atoms with E-state index in [1.807, 2.05) is 40.0 Å². The molecule has 0 N–H and O–H groups in total. The molecular weight excluding hydrogens is 184 g/mol. The lowest BCUT2D eigenvalue weighted by molar-refractivity contribution is 0.609. The van der Waals surface area contributed by atoms with E-state index in [2.05, 4.69) is 22.9 Å². The van der Waals surface area contributed by atoms with Gasteiger partial charge in [0.15, 0.2) is 0 Å². The number of anilines is 1. The first-order valence-electron chi connectivity index (χ1n) is 6.04. The lowest BCUT2D eigenvalue weighted by Crippen LogP contribution is -2.37. The largest absolute Gasteiger partial charge is 0.356 e. The predicted octanol–water partition coefficient (Wildman–Crippen LogP) is 3.65. The van der Waals surface area contributed by atoms with Gasteiger partial charge in [0.05, 0.1) is 0 Å². The van der Waals surface area contributed by atoms with E-state index < -0.39 is 0 Å². The third kappa shape index (κ3) is 4.32. The number of rotatable bonds is 1. The summed E-state index contributed by atoms with van der Waals surface area (Å²) in [5.74, 6) is 1.14. The molecule has 1 aliphatic rings. The van der Waals surface area contributed by atoms with Crippen LogP contribution < -0.4 is 4.90 Å². The number of nitrogens with zero attached hydrogens (tertiary/aromatic N) is 2. The SMILES string of the molecule is CC.CC.Cc1ccnc(N2CCC2)c1. The quantitative estimate of drug-likeness (QED) is 0.700. The maximum Gasteiger partial charge on any atom is 0.128 e. The van der Waals surface area contributed by atoms with Gasteiger partial charge in [-0.25, -0.2) is 4.98 Å². The highest BCUT2D eigenvalue weighted by Gasteiger charge is 2.14. The van der Waals surface area contributed by atoms with Gasteiger partial charge in [0.25, 0.3) is 0 Å². The van der Waals surface area contributed by atoms with Crippen molar-refractivity contribution in [2.75, 3.05) is 18.0 Å². The van der Waals surface area contributed by atoms with Crippen LogP contribution in [0.15, 0.2) is 18.3 Å². The number of pyridine rings is 1. The molecule has 2 rings (SSSR count). The van der Waals surface area contributed by atoms with Crippen molar-refractivity contribution in [2.45, 2.75) is 41.0 Å². The van der Waals surface area contributed by atoms with Crippen molar-refractivity contribution in [2.24, 2.45) is 0 Å². The topological polar surface area (TPSA) is 16.1 Å². The molecule has 0 bridgehead atoms. The summed E-state index contributed by atoms with van der Waals surface area (Å²) in [5.41, 5.74) is 1.29. The fraction of sp³-hybridized carbons (Fsp3) is 0.615. The average Bonchev–Trinajstić information content (AvgIpc) is 2.21. The van der Waals surface area contributed by atoms with Crippen LogP contribution in [-0.4, -0.2) is 18.1 Å². The van der Waals surface area contributed by atoms with E-state index in [0.29, 0.717) is 0 Å². The molecule has 0 saturated carbocycles. The Balaban J connectivity index is 0.000000442. The monoisotopic (exact) mass is 208 g/mol. The van der Waals surface area contributed by atoms with Crippen LogP contribution in [0.1, 0.15) is 39.7 Å². The third-order valence-corrected chi connectivity index (χ3v) is 2.08. The number of hydrogen-bond acceptors (Lipinski definition) is 2. The van der Waals surface area contributed by atoms with Crippen molar-refractivity contribution in [1.29, 1.82) is 0 Å². The Morgan fingerprint density at radius 3 is 2.13 bits per heavy atom. The highest BCUT2D eigenvalue weighted by molar-refractivity contribution is 5.42. The van der Waals surface area contributed by atoms with Crippen LogP contribution in [-0.2, 0) is 0 Å². The molecule has 2 heterocycles. The summed E-state index contributed by atoms with van der Waals surface area (Å²) < 4.78 is 0. The van der Waals surface area contributed by atoms with Gasteiger partial charge in [0, 0.05) is 19.3 Å². The Morgan fingerprint density at radius 2 is 1.73 bits per heavy atom. The van der Waals surface area contributed by atoms with Crippen LogP contribution in [0.5, 0.6) is 0 Å². The predicted molar refractivity (Wildman–Crippen MR) is 68.5 cm³/mol. The van der Waals surface area contributed by atoms with Crippen molar-refractivity contribution in [3.8, 4) is 0 Å². The third-order valence-electron chi connectivity index (χ3n) is 2.08. The molecule has 2 heteroatoms. The van der Waals surface area contributed by atoms with Crippen LogP contribution in [0.3, 0.4) is 0 Å². The fourth-order valence-corrected chi connectivity index (χ4v) is 1.24. The Labute approximate surface area is 94.3 Å². The summed E-state index contributed by atoms with van der Waals surface area (Å²) in [5, 5.41) is 0. The summed E-state index contributed by atoms with van der Waals surface area (Å²) in [6.45, 7) is 12.5. The molecule has 0 unspecified atom stereocenters. The standard InChI is InChI=1S/C9H12N2.2C2H6/c1-8-3-4-10-9(7-8)11-5-2-6-11;2*1-2/h3-4,7H,2,5-6H2,1H3;2*1-2H3. The highest BCUT2D eigenvalue weighted by atomic mass is 15.2. The molecule has 1 saturated heterocycles. The van der Waals surface area contributed by atoms with Crippen molar-refractivity contribution >= 4 is 5.82 Å². The summed E-state index contributed by atoms with van der Waals surface area (Å²) in [6, 6.07) is 4.17. The summed E-state index contributed by atoms with van der Waals surface area (Å²) >= 11 is 0.